The summed E-state index contributed by atoms with van der Waals surface area (Å²) in [5.74, 6) is 6.09. The zero-order chi connectivity index (χ0) is 11.4. The fourth-order valence-electron chi connectivity index (χ4n) is 1.51. The van der Waals surface area contributed by atoms with Crippen LogP contribution in [0.3, 0.4) is 0 Å². The Bertz CT molecular complexity index is 382. The van der Waals surface area contributed by atoms with Gasteiger partial charge in [0.1, 0.15) is 0 Å². The molecular weight excluding hydrogens is 200 g/mol. The van der Waals surface area contributed by atoms with Crippen LogP contribution in [-0.4, -0.2) is 12.0 Å². The fourth-order valence-corrected chi connectivity index (χ4v) is 1.51. The maximum Gasteiger partial charge on any atom is 0.206 e. The van der Waals surface area contributed by atoms with Gasteiger partial charge in [-0.2, -0.15) is 0 Å². The lowest BCUT2D eigenvalue weighted by atomic mass is 10.1. The number of hydrogen-bond donors (Lipinski definition) is 3. The number of rotatable bonds is 3. The van der Waals surface area contributed by atoms with Crippen molar-refractivity contribution >= 4 is 5.96 Å². The number of nitrogens with one attached hydrogen (secondary N) is 2. The normalized spacial score (nSPS) is 16.0. The van der Waals surface area contributed by atoms with Crippen molar-refractivity contribution in [1.82, 2.24) is 10.7 Å². The van der Waals surface area contributed by atoms with E-state index in [0.29, 0.717) is 18.5 Å². The van der Waals surface area contributed by atoms with Gasteiger partial charge < -0.3 is 5.32 Å². The number of aryl methyl sites for hydroxylation is 1. The summed E-state index contributed by atoms with van der Waals surface area (Å²) in [6, 6.07) is 8.81. The van der Waals surface area contributed by atoms with E-state index in [1.165, 1.54) is 24.0 Å². The molecule has 0 aromatic heterocycles. The second-order valence-electron chi connectivity index (χ2n) is 4.15. The van der Waals surface area contributed by atoms with Crippen LogP contribution >= 0.6 is 0 Å². The Balaban J connectivity index is 1.97. The Hall–Kier alpha value is -1.55. The van der Waals surface area contributed by atoms with Gasteiger partial charge in [-0.25, -0.2) is 10.8 Å². The van der Waals surface area contributed by atoms with Gasteiger partial charge in [-0.3, -0.25) is 5.43 Å². The van der Waals surface area contributed by atoms with E-state index in [1.807, 2.05) is 12.1 Å². The van der Waals surface area contributed by atoms with Gasteiger partial charge in [-0.1, -0.05) is 24.3 Å². The van der Waals surface area contributed by atoms with Gasteiger partial charge in [0.05, 0.1) is 6.54 Å². The van der Waals surface area contributed by atoms with Gasteiger partial charge in [-0.15, -0.1) is 0 Å². The lowest BCUT2D eigenvalue weighted by molar-refractivity contribution is 0.820. The number of hydrazine groups is 1. The fraction of sp³-hybridized carbons (Fsp3) is 0.417. The summed E-state index contributed by atoms with van der Waals surface area (Å²) < 4.78 is 0. The number of guanidine groups is 1. The monoisotopic (exact) mass is 218 g/mol. The molecule has 4 heteroatoms. The van der Waals surface area contributed by atoms with Gasteiger partial charge in [0.15, 0.2) is 0 Å². The SMILES string of the molecule is Cc1ccccc1CN=C(NN)NC1CC1. The molecule has 0 saturated heterocycles. The van der Waals surface area contributed by atoms with E-state index in [0.717, 1.165) is 0 Å². The number of nitrogens with two attached hydrogens (primary N) is 1. The Morgan fingerprint density at radius 2 is 2.19 bits per heavy atom. The van der Waals surface area contributed by atoms with Gasteiger partial charge in [0.25, 0.3) is 0 Å². The molecule has 0 amide bonds. The smallest absolute Gasteiger partial charge is 0.206 e. The molecule has 1 aromatic rings. The van der Waals surface area contributed by atoms with Gasteiger partial charge in [0.2, 0.25) is 5.96 Å². The molecule has 86 valence electrons. The lowest BCUT2D eigenvalue weighted by Crippen LogP contribution is -2.42. The van der Waals surface area contributed by atoms with Crippen LogP contribution in [0.25, 0.3) is 0 Å². The summed E-state index contributed by atoms with van der Waals surface area (Å²) in [5, 5.41) is 3.24. The summed E-state index contributed by atoms with van der Waals surface area (Å²) in [4.78, 5) is 4.42. The van der Waals surface area contributed by atoms with Crippen LogP contribution in [0.1, 0.15) is 24.0 Å². The number of hydrogen-bond acceptors (Lipinski definition) is 2. The highest BCUT2D eigenvalue weighted by Crippen LogP contribution is 2.18. The molecule has 0 unspecified atom stereocenters. The van der Waals surface area contributed by atoms with E-state index in [2.05, 4.69) is 34.8 Å². The molecule has 4 nitrogen and oxygen atoms in total. The highest BCUT2D eigenvalue weighted by atomic mass is 15.3. The van der Waals surface area contributed by atoms with Crippen LogP contribution in [0.5, 0.6) is 0 Å². The standard InChI is InChI=1S/C12H18N4/c1-9-4-2-3-5-10(9)8-14-12(16-13)15-11-6-7-11/h2-5,11H,6-8,13H2,1H3,(H2,14,15,16). The zero-order valence-corrected chi connectivity index (χ0v) is 9.53. The number of aliphatic imine (C=N–C) groups is 1. The predicted octanol–water partition coefficient (Wildman–Crippen LogP) is 1.07. The van der Waals surface area contributed by atoms with Gasteiger partial charge >= 0.3 is 0 Å². The van der Waals surface area contributed by atoms with E-state index < -0.39 is 0 Å². The maximum atomic E-state index is 5.41. The molecular formula is C12H18N4. The number of nitrogens with zero attached hydrogens (tertiary/aromatic N) is 1. The van der Waals surface area contributed by atoms with Gasteiger partial charge in [0, 0.05) is 6.04 Å². The first-order valence-corrected chi connectivity index (χ1v) is 5.61. The number of benzene rings is 1. The Labute approximate surface area is 95.9 Å². The average molecular weight is 218 g/mol. The molecule has 1 aliphatic rings. The van der Waals surface area contributed by atoms with Crippen LogP contribution < -0.4 is 16.6 Å². The molecule has 1 aromatic carbocycles. The maximum absolute atomic E-state index is 5.41. The average Bonchev–Trinajstić information content (AvgIpc) is 3.10. The third-order valence-electron chi connectivity index (χ3n) is 2.72. The minimum absolute atomic E-state index is 0.562. The molecule has 1 aliphatic carbocycles. The van der Waals surface area contributed by atoms with Crippen LogP contribution in [-0.2, 0) is 6.54 Å². The second kappa shape index (κ2) is 4.99. The summed E-state index contributed by atoms with van der Waals surface area (Å²) >= 11 is 0. The van der Waals surface area contributed by atoms with E-state index in [9.17, 15) is 0 Å². The van der Waals surface area contributed by atoms with E-state index in [-0.39, 0.29) is 0 Å². The first-order valence-electron chi connectivity index (χ1n) is 5.61. The Kier molecular flexibility index (Phi) is 3.41. The zero-order valence-electron chi connectivity index (χ0n) is 9.53. The molecule has 2 rings (SSSR count). The van der Waals surface area contributed by atoms with Crippen LogP contribution in [0.15, 0.2) is 29.3 Å². The molecule has 1 fully saturated rings. The molecule has 0 heterocycles. The summed E-state index contributed by atoms with van der Waals surface area (Å²) in [6.45, 7) is 2.75. The summed E-state index contributed by atoms with van der Waals surface area (Å²) in [6.07, 6.45) is 2.43. The van der Waals surface area contributed by atoms with Crippen molar-refractivity contribution in [2.45, 2.75) is 32.4 Å². The van der Waals surface area contributed by atoms with Crippen molar-refractivity contribution in [2.75, 3.05) is 0 Å². The van der Waals surface area contributed by atoms with E-state index in [4.69, 9.17) is 5.84 Å². The third kappa shape index (κ3) is 2.97. The highest BCUT2D eigenvalue weighted by Gasteiger charge is 2.21. The minimum Gasteiger partial charge on any atom is -0.353 e. The molecule has 16 heavy (non-hydrogen) atoms. The molecule has 1 saturated carbocycles. The van der Waals surface area contributed by atoms with Crippen LogP contribution in [0.4, 0.5) is 0 Å². The summed E-state index contributed by atoms with van der Waals surface area (Å²) in [5.41, 5.74) is 5.09. The first-order chi connectivity index (χ1) is 7.79. The lowest BCUT2D eigenvalue weighted by Gasteiger charge is -2.08. The van der Waals surface area contributed by atoms with Crippen molar-refractivity contribution in [3.05, 3.63) is 35.4 Å². The highest BCUT2D eigenvalue weighted by molar-refractivity contribution is 5.79. The molecule has 0 spiro atoms. The third-order valence-corrected chi connectivity index (χ3v) is 2.72. The Morgan fingerprint density at radius 3 is 2.81 bits per heavy atom. The second-order valence-corrected chi connectivity index (χ2v) is 4.15. The van der Waals surface area contributed by atoms with Crippen LogP contribution in [0.2, 0.25) is 0 Å². The van der Waals surface area contributed by atoms with Crippen molar-refractivity contribution in [3.8, 4) is 0 Å². The largest absolute Gasteiger partial charge is 0.353 e. The molecule has 0 aliphatic heterocycles. The molecule has 0 atom stereocenters. The minimum atomic E-state index is 0.562. The molecule has 0 radical (unpaired) electrons. The predicted molar refractivity (Wildman–Crippen MR) is 65.8 cm³/mol. The van der Waals surface area contributed by atoms with Crippen molar-refractivity contribution in [2.24, 2.45) is 10.8 Å². The van der Waals surface area contributed by atoms with Crippen molar-refractivity contribution < 1.29 is 0 Å². The van der Waals surface area contributed by atoms with Crippen LogP contribution in [0, 0.1) is 6.92 Å². The topological polar surface area (TPSA) is 62.4 Å². The quantitative estimate of drug-likeness (QED) is 0.308. The Morgan fingerprint density at radius 1 is 1.44 bits per heavy atom. The van der Waals surface area contributed by atoms with Crippen molar-refractivity contribution in [1.29, 1.82) is 0 Å². The van der Waals surface area contributed by atoms with E-state index in [1.54, 1.807) is 0 Å². The van der Waals surface area contributed by atoms with Crippen molar-refractivity contribution in [3.63, 3.8) is 0 Å². The molecule has 4 N–H and O–H groups in total. The first kappa shape index (κ1) is 11.0. The summed E-state index contributed by atoms with van der Waals surface area (Å²) in [7, 11) is 0. The molecule has 0 bridgehead atoms. The van der Waals surface area contributed by atoms with Gasteiger partial charge in [-0.05, 0) is 30.9 Å². The van der Waals surface area contributed by atoms with E-state index >= 15 is 0 Å².